The van der Waals surface area contributed by atoms with E-state index in [2.05, 4.69) is 59.9 Å². The van der Waals surface area contributed by atoms with Crippen LogP contribution in [0, 0.1) is 11.8 Å². The van der Waals surface area contributed by atoms with Crippen LogP contribution in [-0.2, 0) is 14.0 Å². The van der Waals surface area contributed by atoms with Crippen LogP contribution in [0.25, 0.3) is 0 Å². The van der Waals surface area contributed by atoms with Gasteiger partial charge in [0.15, 0.2) is 14.1 Å². The van der Waals surface area contributed by atoms with Crippen LogP contribution in [-0.4, -0.2) is 32.9 Å². The molecule has 3 unspecified atom stereocenters. The van der Waals surface area contributed by atoms with Gasteiger partial charge in [0.2, 0.25) is 0 Å². The molecule has 1 aliphatic rings. The summed E-state index contributed by atoms with van der Waals surface area (Å²) in [6.07, 6.45) is 12.7. The molecule has 0 amide bonds. The molecule has 1 aliphatic heterocycles. The van der Waals surface area contributed by atoms with E-state index in [-0.39, 0.29) is 29.6 Å². The van der Waals surface area contributed by atoms with Gasteiger partial charge < -0.3 is 9.16 Å². The summed E-state index contributed by atoms with van der Waals surface area (Å²) in [4.78, 5) is 11.3. The van der Waals surface area contributed by atoms with E-state index in [9.17, 15) is 4.79 Å². The Hall–Kier alpha value is -0.973. The molecule has 0 N–H and O–H groups in total. The Bertz CT molecular complexity index is 544. The fourth-order valence-corrected chi connectivity index (χ4v) is 5.66. The lowest BCUT2D eigenvalue weighted by atomic mass is 9.96. The van der Waals surface area contributed by atoms with Crippen molar-refractivity contribution >= 4 is 14.1 Å². The fraction of sp³-hybridized carbons (Fsp3) is 0.682. The van der Waals surface area contributed by atoms with Crippen molar-refractivity contribution in [3.05, 3.63) is 36.5 Å². The van der Waals surface area contributed by atoms with Crippen molar-refractivity contribution in [2.24, 2.45) is 11.8 Å². The number of ketones is 1. The SMILES string of the molecule is C/C=C/C=C/C(O[Si](C)(C)C(C)(C)C(C)C)C(C)CC1C=CC(=O)CO1. The summed E-state index contributed by atoms with van der Waals surface area (Å²) >= 11 is 0. The van der Waals surface area contributed by atoms with Gasteiger partial charge in [0.05, 0.1) is 12.2 Å². The van der Waals surface area contributed by atoms with E-state index in [0.717, 1.165) is 6.42 Å². The third kappa shape index (κ3) is 6.33. The Labute approximate surface area is 161 Å². The highest BCUT2D eigenvalue weighted by Gasteiger charge is 2.45. The first kappa shape index (κ1) is 23.1. The lowest BCUT2D eigenvalue weighted by Crippen LogP contribution is -2.48. The summed E-state index contributed by atoms with van der Waals surface area (Å²) in [7, 11) is -1.95. The first-order valence-electron chi connectivity index (χ1n) is 9.81. The Kier molecular flexibility index (Phi) is 8.71. The van der Waals surface area contributed by atoms with Crippen molar-refractivity contribution in [3.63, 3.8) is 0 Å². The van der Waals surface area contributed by atoms with Crippen LogP contribution in [0.1, 0.15) is 48.0 Å². The van der Waals surface area contributed by atoms with Crippen molar-refractivity contribution in [2.75, 3.05) is 6.61 Å². The summed E-state index contributed by atoms with van der Waals surface area (Å²) in [6.45, 7) is 18.3. The lowest BCUT2D eigenvalue weighted by Gasteiger charge is -2.45. The van der Waals surface area contributed by atoms with Gasteiger partial charge in [0.25, 0.3) is 0 Å². The van der Waals surface area contributed by atoms with Gasteiger partial charge in [-0.05, 0) is 49.4 Å². The zero-order valence-electron chi connectivity index (χ0n) is 17.9. The molecular weight excluding hydrogens is 340 g/mol. The summed E-state index contributed by atoms with van der Waals surface area (Å²) in [5.74, 6) is 0.909. The summed E-state index contributed by atoms with van der Waals surface area (Å²) in [5.41, 5.74) is 0. The Morgan fingerprint density at radius 1 is 1.31 bits per heavy atom. The maximum absolute atomic E-state index is 11.3. The highest BCUT2D eigenvalue weighted by atomic mass is 28.4. The minimum Gasteiger partial charge on any atom is -0.410 e. The predicted molar refractivity (Wildman–Crippen MR) is 113 cm³/mol. The third-order valence-corrected chi connectivity index (χ3v) is 10.7. The van der Waals surface area contributed by atoms with E-state index in [1.807, 2.05) is 25.2 Å². The van der Waals surface area contributed by atoms with Gasteiger partial charge in [0.1, 0.15) is 6.61 Å². The molecule has 0 saturated carbocycles. The van der Waals surface area contributed by atoms with Gasteiger partial charge in [-0.3, -0.25) is 4.79 Å². The molecule has 0 fully saturated rings. The second-order valence-corrected chi connectivity index (χ2v) is 13.3. The monoisotopic (exact) mass is 378 g/mol. The number of hydrogen-bond donors (Lipinski definition) is 0. The molecule has 3 nitrogen and oxygen atoms in total. The standard InChI is InChI=1S/C22H38O3Si/c1-9-10-11-12-21(25-26(7,8)22(5,6)17(2)3)18(4)15-20-14-13-19(23)16-24-20/h9-14,17-18,20-21H,15-16H2,1-8H3/b10-9+,12-11+. The molecule has 0 saturated heterocycles. The lowest BCUT2D eigenvalue weighted by molar-refractivity contribution is -0.121. The number of hydrogen-bond acceptors (Lipinski definition) is 3. The normalized spacial score (nSPS) is 21.9. The van der Waals surface area contributed by atoms with Gasteiger partial charge in [-0.2, -0.15) is 0 Å². The van der Waals surface area contributed by atoms with E-state index >= 15 is 0 Å². The average Bonchev–Trinajstić information content (AvgIpc) is 2.55. The third-order valence-electron chi connectivity index (χ3n) is 6.13. The number of carbonyl (C=O) groups excluding carboxylic acids is 1. The topological polar surface area (TPSA) is 35.5 Å². The molecule has 1 heterocycles. The Morgan fingerprint density at radius 3 is 2.46 bits per heavy atom. The molecule has 0 aromatic rings. The number of carbonyl (C=O) groups is 1. The second kappa shape index (κ2) is 9.82. The molecule has 0 aliphatic carbocycles. The minimum absolute atomic E-state index is 0.00759. The Morgan fingerprint density at radius 2 is 1.96 bits per heavy atom. The van der Waals surface area contributed by atoms with E-state index in [0.29, 0.717) is 11.8 Å². The molecule has 148 valence electrons. The van der Waals surface area contributed by atoms with Crippen LogP contribution >= 0.6 is 0 Å². The zero-order chi connectivity index (χ0) is 20.0. The summed E-state index contributed by atoms with van der Waals surface area (Å²) in [5, 5.41) is 0.174. The first-order chi connectivity index (χ1) is 12.0. The molecule has 0 bridgehead atoms. The minimum atomic E-state index is -1.95. The first-order valence-corrected chi connectivity index (χ1v) is 12.7. The van der Waals surface area contributed by atoms with E-state index in [4.69, 9.17) is 9.16 Å². The van der Waals surface area contributed by atoms with Gasteiger partial charge in [-0.15, -0.1) is 0 Å². The van der Waals surface area contributed by atoms with Gasteiger partial charge in [-0.25, -0.2) is 0 Å². The van der Waals surface area contributed by atoms with E-state index < -0.39 is 8.32 Å². The van der Waals surface area contributed by atoms with Crippen LogP contribution in [0.5, 0.6) is 0 Å². The van der Waals surface area contributed by atoms with Crippen LogP contribution in [0.3, 0.4) is 0 Å². The quantitative estimate of drug-likeness (QED) is 0.381. The van der Waals surface area contributed by atoms with Gasteiger partial charge in [0, 0.05) is 0 Å². The molecule has 3 atom stereocenters. The van der Waals surface area contributed by atoms with Crippen molar-refractivity contribution in [2.45, 2.75) is 78.3 Å². The Balaban J connectivity index is 2.93. The summed E-state index contributed by atoms with van der Waals surface area (Å²) in [6, 6.07) is 0. The average molecular weight is 379 g/mol. The van der Waals surface area contributed by atoms with E-state index in [1.165, 1.54) is 0 Å². The largest absolute Gasteiger partial charge is 0.410 e. The van der Waals surface area contributed by atoms with Crippen molar-refractivity contribution in [1.82, 2.24) is 0 Å². The van der Waals surface area contributed by atoms with Crippen molar-refractivity contribution in [3.8, 4) is 0 Å². The maximum Gasteiger partial charge on any atom is 0.193 e. The highest BCUT2D eigenvalue weighted by molar-refractivity contribution is 6.74. The highest BCUT2D eigenvalue weighted by Crippen LogP contribution is 2.45. The van der Waals surface area contributed by atoms with Crippen LogP contribution in [0.2, 0.25) is 18.1 Å². The fourth-order valence-electron chi connectivity index (χ4n) is 2.97. The van der Waals surface area contributed by atoms with Crippen molar-refractivity contribution in [1.29, 1.82) is 0 Å². The van der Waals surface area contributed by atoms with Gasteiger partial charge >= 0.3 is 0 Å². The molecule has 0 aromatic heterocycles. The molecule has 4 heteroatoms. The molecule has 1 rings (SSSR count). The van der Waals surface area contributed by atoms with Crippen LogP contribution in [0.4, 0.5) is 0 Å². The molecular formula is C22H38O3Si. The van der Waals surface area contributed by atoms with E-state index in [1.54, 1.807) is 6.08 Å². The zero-order valence-corrected chi connectivity index (χ0v) is 18.9. The smallest absolute Gasteiger partial charge is 0.193 e. The van der Waals surface area contributed by atoms with Gasteiger partial charge in [-0.1, -0.05) is 65.0 Å². The number of allylic oxidation sites excluding steroid dienone is 3. The maximum atomic E-state index is 11.3. The number of rotatable bonds is 9. The summed E-state index contributed by atoms with van der Waals surface area (Å²) < 4.78 is 12.5. The molecule has 26 heavy (non-hydrogen) atoms. The van der Waals surface area contributed by atoms with Crippen LogP contribution < -0.4 is 0 Å². The molecule has 0 spiro atoms. The molecule has 0 radical (unpaired) electrons. The van der Waals surface area contributed by atoms with Crippen LogP contribution in [0.15, 0.2) is 36.5 Å². The number of ether oxygens (including phenoxy) is 1. The molecule has 0 aromatic carbocycles. The predicted octanol–water partition coefficient (Wildman–Crippen LogP) is 5.70. The van der Waals surface area contributed by atoms with Crippen molar-refractivity contribution < 1.29 is 14.0 Å². The second-order valence-electron chi connectivity index (χ2n) is 8.77.